The summed E-state index contributed by atoms with van der Waals surface area (Å²) in [7, 11) is -3.97. The van der Waals surface area contributed by atoms with Crippen molar-refractivity contribution in [3.63, 3.8) is 0 Å². The number of nitrogens with zero attached hydrogens (tertiary/aromatic N) is 1. The molecule has 5 nitrogen and oxygen atoms in total. The molecule has 0 unspecified atom stereocenters. The lowest BCUT2D eigenvalue weighted by molar-refractivity contribution is -0.121. The average molecular weight is 420 g/mol. The summed E-state index contributed by atoms with van der Waals surface area (Å²) in [5, 5.41) is 0. The molecule has 0 radical (unpaired) electrons. The Kier molecular flexibility index (Phi) is 5.42. The highest BCUT2D eigenvalue weighted by Crippen LogP contribution is 2.32. The number of sulfonamides is 1. The Morgan fingerprint density at radius 2 is 1.43 bits per heavy atom. The molecule has 30 heavy (non-hydrogen) atoms. The van der Waals surface area contributed by atoms with Crippen LogP contribution < -0.4 is 4.74 Å². The Hall–Kier alpha value is -3.38. The van der Waals surface area contributed by atoms with Crippen LogP contribution in [0, 0.1) is 6.92 Å². The van der Waals surface area contributed by atoms with E-state index in [1.54, 1.807) is 36.4 Å². The zero-order chi connectivity index (χ0) is 21.1. The molecule has 6 heteroatoms. The van der Waals surface area contributed by atoms with Crippen molar-refractivity contribution in [2.75, 3.05) is 6.54 Å². The van der Waals surface area contributed by atoms with Gasteiger partial charge in [0.15, 0.2) is 0 Å². The monoisotopic (exact) mass is 419 g/mol. The first-order valence-electron chi connectivity index (χ1n) is 9.62. The van der Waals surface area contributed by atoms with Crippen LogP contribution in [-0.2, 0) is 14.8 Å². The van der Waals surface area contributed by atoms with Gasteiger partial charge >= 0.3 is 0 Å². The topological polar surface area (TPSA) is 63.7 Å². The van der Waals surface area contributed by atoms with E-state index < -0.39 is 15.9 Å². The number of carbonyl (C=O) groups is 1. The number of rotatable bonds is 5. The molecule has 1 aliphatic rings. The number of hydrogen-bond acceptors (Lipinski definition) is 4. The van der Waals surface area contributed by atoms with E-state index >= 15 is 0 Å². The van der Waals surface area contributed by atoms with E-state index in [1.165, 1.54) is 12.1 Å². The summed E-state index contributed by atoms with van der Waals surface area (Å²) in [6.07, 6.45) is 0.288. The van der Waals surface area contributed by atoms with Gasteiger partial charge in [-0.2, -0.15) is 0 Å². The molecular formula is C24H21NO4S. The van der Waals surface area contributed by atoms with Gasteiger partial charge in [-0.05, 0) is 36.8 Å². The van der Waals surface area contributed by atoms with Gasteiger partial charge in [0.1, 0.15) is 11.5 Å². The van der Waals surface area contributed by atoms with Crippen LogP contribution in [0.1, 0.15) is 17.5 Å². The molecule has 3 aromatic carbocycles. The number of hydrogen-bond donors (Lipinski definition) is 0. The van der Waals surface area contributed by atoms with Crippen molar-refractivity contribution in [3.8, 4) is 5.75 Å². The highest BCUT2D eigenvalue weighted by atomic mass is 32.2. The summed E-state index contributed by atoms with van der Waals surface area (Å²) >= 11 is 0. The standard InChI is InChI=1S/C24H21NO4S/c1-18-12-14-21(15-13-18)30(27,28)25-17-16-22(29-20-10-6-3-7-11-20)23(24(25)26)19-8-4-2-5-9-19/h2-15H,16-17H2,1H3. The molecule has 4 rings (SSSR count). The highest BCUT2D eigenvalue weighted by Gasteiger charge is 2.37. The van der Waals surface area contributed by atoms with Crippen molar-refractivity contribution in [2.24, 2.45) is 0 Å². The van der Waals surface area contributed by atoms with Gasteiger partial charge in [0.25, 0.3) is 15.9 Å². The minimum absolute atomic E-state index is 0.0214. The Balaban J connectivity index is 1.77. The van der Waals surface area contributed by atoms with E-state index in [-0.39, 0.29) is 23.4 Å². The maximum atomic E-state index is 13.4. The van der Waals surface area contributed by atoms with E-state index in [4.69, 9.17) is 4.74 Å². The summed E-state index contributed by atoms with van der Waals surface area (Å²) in [6, 6.07) is 24.7. The predicted octanol–water partition coefficient (Wildman–Crippen LogP) is 4.41. The predicted molar refractivity (Wildman–Crippen MR) is 115 cm³/mol. The number of para-hydroxylation sites is 1. The van der Waals surface area contributed by atoms with Crippen molar-refractivity contribution in [3.05, 3.63) is 102 Å². The molecule has 0 aliphatic carbocycles. The van der Waals surface area contributed by atoms with E-state index in [1.807, 2.05) is 43.3 Å². The highest BCUT2D eigenvalue weighted by molar-refractivity contribution is 7.89. The van der Waals surface area contributed by atoms with Gasteiger partial charge in [-0.1, -0.05) is 66.2 Å². The average Bonchev–Trinajstić information content (AvgIpc) is 2.75. The number of aryl methyl sites for hydroxylation is 1. The van der Waals surface area contributed by atoms with Crippen molar-refractivity contribution in [1.29, 1.82) is 0 Å². The van der Waals surface area contributed by atoms with Crippen molar-refractivity contribution < 1.29 is 17.9 Å². The van der Waals surface area contributed by atoms with Gasteiger partial charge < -0.3 is 4.74 Å². The molecule has 0 spiro atoms. The fraction of sp³-hybridized carbons (Fsp3) is 0.125. The molecule has 0 bridgehead atoms. The lowest BCUT2D eigenvalue weighted by Crippen LogP contribution is -2.41. The first-order chi connectivity index (χ1) is 14.5. The fourth-order valence-electron chi connectivity index (χ4n) is 3.36. The maximum absolute atomic E-state index is 13.4. The first kappa shape index (κ1) is 19.9. The Morgan fingerprint density at radius 1 is 0.833 bits per heavy atom. The molecule has 1 aliphatic heterocycles. The quantitative estimate of drug-likeness (QED) is 0.615. The van der Waals surface area contributed by atoms with Crippen molar-refractivity contribution in [1.82, 2.24) is 4.31 Å². The van der Waals surface area contributed by atoms with Crippen LogP contribution in [0.25, 0.3) is 5.57 Å². The SMILES string of the molecule is Cc1ccc(S(=O)(=O)N2CCC(Oc3ccccc3)=C(c3ccccc3)C2=O)cc1. The van der Waals surface area contributed by atoms with Crippen LogP contribution in [0.5, 0.6) is 5.75 Å². The third kappa shape index (κ3) is 3.86. The minimum Gasteiger partial charge on any atom is -0.461 e. The van der Waals surface area contributed by atoms with Crippen LogP contribution in [0.3, 0.4) is 0 Å². The van der Waals surface area contributed by atoms with E-state index in [0.29, 0.717) is 17.1 Å². The van der Waals surface area contributed by atoms with Gasteiger partial charge in [-0.15, -0.1) is 0 Å². The molecule has 3 aromatic rings. The molecular weight excluding hydrogens is 398 g/mol. The number of benzene rings is 3. The van der Waals surface area contributed by atoms with Gasteiger partial charge in [0, 0.05) is 13.0 Å². The Morgan fingerprint density at radius 3 is 2.07 bits per heavy atom. The molecule has 0 N–H and O–H groups in total. The summed E-state index contributed by atoms with van der Waals surface area (Å²) in [6.45, 7) is 1.90. The van der Waals surface area contributed by atoms with Gasteiger partial charge in [0.05, 0.1) is 10.5 Å². The van der Waals surface area contributed by atoms with Crippen LogP contribution in [-0.4, -0.2) is 25.2 Å². The van der Waals surface area contributed by atoms with Gasteiger partial charge in [0.2, 0.25) is 0 Å². The molecule has 1 heterocycles. The molecule has 0 saturated carbocycles. The third-order valence-corrected chi connectivity index (χ3v) is 6.71. The fourth-order valence-corrected chi connectivity index (χ4v) is 4.74. The normalized spacial score (nSPS) is 14.7. The second-order valence-corrected chi connectivity index (χ2v) is 8.89. The second kappa shape index (κ2) is 8.16. The van der Waals surface area contributed by atoms with Gasteiger partial charge in [-0.3, -0.25) is 4.79 Å². The molecule has 0 saturated heterocycles. The van der Waals surface area contributed by atoms with Gasteiger partial charge in [-0.25, -0.2) is 12.7 Å². The van der Waals surface area contributed by atoms with Crippen LogP contribution in [0.4, 0.5) is 0 Å². The summed E-state index contributed by atoms with van der Waals surface area (Å²) in [5.74, 6) is 0.482. The van der Waals surface area contributed by atoms with Crippen LogP contribution >= 0.6 is 0 Å². The molecule has 1 amide bonds. The smallest absolute Gasteiger partial charge is 0.271 e. The Labute approximate surface area is 176 Å². The Bertz CT molecular complexity index is 1180. The first-order valence-corrected chi connectivity index (χ1v) is 11.1. The van der Waals surface area contributed by atoms with E-state index in [0.717, 1.165) is 9.87 Å². The zero-order valence-corrected chi connectivity index (χ0v) is 17.3. The molecule has 0 atom stereocenters. The van der Waals surface area contributed by atoms with Crippen molar-refractivity contribution >= 4 is 21.5 Å². The number of carbonyl (C=O) groups excluding carboxylic acids is 1. The van der Waals surface area contributed by atoms with E-state index in [2.05, 4.69) is 0 Å². The largest absolute Gasteiger partial charge is 0.461 e. The summed E-state index contributed by atoms with van der Waals surface area (Å²) in [5.41, 5.74) is 1.83. The zero-order valence-electron chi connectivity index (χ0n) is 16.5. The van der Waals surface area contributed by atoms with E-state index in [9.17, 15) is 13.2 Å². The van der Waals surface area contributed by atoms with Crippen LogP contribution in [0.15, 0.2) is 95.6 Å². The maximum Gasteiger partial charge on any atom is 0.271 e. The number of amides is 1. The second-order valence-electron chi connectivity index (χ2n) is 7.02. The molecule has 152 valence electrons. The summed E-state index contributed by atoms with van der Waals surface area (Å²) in [4.78, 5) is 13.5. The lowest BCUT2D eigenvalue weighted by atomic mass is 10.00. The minimum atomic E-state index is -3.97. The molecule has 0 fully saturated rings. The van der Waals surface area contributed by atoms with Crippen molar-refractivity contribution in [2.45, 2.75) is 18.2 Å². The van der Waals surface area contributed by atoms with Crippen LogP contribution in [0.2, 0.25) is 0 Å². The molecule has 0 aromatic heterocycles. The third-order valence-electron chi connectivity index (χ3n) is 4.92. The lowest BCUT2D eigenvalue weighted by Gasteiger charge is -2.30. The number of ether oxygens (including phenoxy) is 1. The summed E-state index contributed by atoms with van der Waals surface area (Å²) < 4.78 is 33.3.